The molecule has 1 unspecified atom stereocenters. The summed E-state index contributed by atoms with van der Waals surface area (Å²) in [5.41, 5.74) is 4.92. The monoisotopic (exact) mass is 270 g/mol. The van der Waals surface area contributed by atoms with Crippen molar-refractivity contribution in [2.24, 2.45) is 11.3 Å². The van der Waals surface area contributed by atoms with Gasteiger partial charge in [0.1, 0.15) is 0 Å². The first-order valence-electron chi connectivity index (χ1n) is 7.20. The van der Waals surface area contributed by atoms with Gasteiger partial charge in [0.15, 0.2) is 0 Å². The standard InChI is InChI=1S/C18H22S/c1-18(2,3)14-9-10-17-15(11-14)16(12-19-17)13-7-5-4-6-8-13/h4-8,12,14H,9-11H2,1-3H3. The lowest BCUT2D eigenvalue weighted by molar-refractivity contribution is 0.217. The van der Waals surface area contributed by atoms with Crippen LogP contribution in [0.4, 0.5) is 0 Å². The van der Waals surface area contributed by atoms with Gasteiger partial charge in [-0.2, -0.15) is 0 Å². The first kappa shape index (κ1) is 12.9. The van der Waals surface area contributed by atoms with Crippen molar-refractivity contribution in [2.45, 2.75) is 40.0 Å². The molecule has 1 aliphatic rings. The van der Waals surface area contributed by atoms with E-state index in [2.05, 4.69) is 56.5 Å². The molecular formula is C18H22S. The minimum absolute atomic E-state index is 0.424. The highest BCUT2D eigenvalue weighted by Crippen LogP contribution is 2.43. The zero-order valence-corrected chi connectivity index (χ0v) is 12.9. The molecule has 0 N–H and O–H groups in total. The minimum Gasteiger partial charge on any atom is -0.148 e. The van der Waals surface area contributed by atoms with Crippen molar-refractivity contribution in [3.63, 3.8) is 0 Å². The maximum absolute atomic E-state index is 2.39. The van der Waals surface area contributed by atoms with Gasteiger partial charge in [-0.05, 0) is 52.7 Å². The van der Waals surface area contributed by atoms with Crippen molar-refractivity contribution < 1.29 is 0 Å². The predicted octanol–water partition coefficient (Wildman–Crippen LogP) is 5.57. The lowest BCUT2D eigenvalue weighted by Crippen LogP contribution is -2.26. The molecule has 1 atom stereocenters. The number of hydrogen-bond acceptors (Lipinski definition) is 1. The van der Waals surface area contributed by atoms with Gasteiger partial charge >= 0.3 is 0 Å². The Morgan fingerprint density at radius 1 is 1.11 bits per heavy atom. The Hall–Kier alpha value is -1.08. The van der Waals surface area contributed by atoms with Gasteiger partial charge < -0.3 is 0 Å². The average molecular weight is 270 g/mol. The molecule has 100 valence electrons. The molecule has 1 heteroatoms. The minimum atomic E-state index is 0.424. The molecule has 0 aliphatic heterocycles. The Balaban J connectivity index is 1.98. The van der Waals surface area contributed by atoms with Crippen LogP contribution < -0.4 is 0 Å². The van der Waals surface area contributed by atoms with E-state index in [1.807, 2.05) is 11.3 Å². The summed E-state index contributed by atoms with van der Waals surface area (Å²) in [7, 11) is 0. The van der Waals surface area contributed by atoms with Crippen molar-refractivity contribution in [3.8, 4) is 11.1 Å². The van der Waals surface area contributed by atoms with Gasteiger partial charge in [-0.1, -0.05) is 51.1 Å². The Labute approximate surface area is 120 Å². The van der Waals surface area contributed by atoms with Gasteiger partial charge in [0, 0.05) is 4.88 Å². The molecule has 3 rings (SSSR count). The highest BCUT2D eigenvalue weighted by Gasteiger charge is 2.30. The van der Waals surface area contributed by atoms with E-state index >= 15 is 0 Å². The van der Waals surface area contributed by atoms with Gasteiger partial charge in [0.25, 0.3) is 0 Å². The van der Waals surface area contributed by atoms with E-state index in [4.69, 9.17) is 0 Å². The van der Waals surface area contributed by atoms with E-state index in [0.717, 1.165) is 5.92 Å². The molecule has 19 heavy (non-hydrogen) atoms. The molecule has 0 nitrogen and oxygen atoms in total. The average Bonchev–Trinajstić information content (AvgIpc) is 2.81. The highest BCUT2D eigenvalue weighted by atomic mass is 32.1. The maximum atomic E-state index is 2.39. The topological polar surface area (TPSA) is 0 Å². The lowest BCUT2D eigenvalue weighted by atomic mass is 9.71. The third-order valence-electron chi connectivity index (χ3n) is 4.46. The van der Waals surface area contributed by atoms with Crippen molar-refractivity contribution in [1.82, 2.24) is 0 Å². The van der Waals surface area contributed by atoms with E-state index < -0.39 is 0 Å². The predicted molar refractivity (Wildman–Crippen MR) is 84.7 cm³/mol. The second kappa shape index (κ2) is 4.79. The molecule has 0 saturated heterocycles. The fourth-order valence-corrected chi connectivity index (χ4v) is 4.22. The first-order chi connectivity index (χ1) is 9.05. The number of rotatable bonds is 1. The van der Waals surface area contributed by atoms with Gasteiger partial charge in [-0.15, -0.1) is 11.3 Å². The summed E-state index contributed by atoms with van der Waals surface area (Å²) in [5.74, 6) is 0.817. The van der Waals surface area contributed by atoms with E-state index in [9.17, 15) is 0 Å². The lowest BCUT2D eigenvalue weighted by Gasteiger charge is -2.34. The van der Waals surface area contributed by atoms with Crippen LogP contribution in [-0.2, 0) is 12.8 Å². The van der Waals surface area contributed by atoms with Crippen molar-refractivity contribution in [1.29, 1.82) is 0 Å². The van der Waals surface area contributed by atoms with Gasteiger partial charge in [0.2, 0.25) is 0 Å². The molecule has 0 bridgehead atoms. The second-order valence-corrected chi connectivity index (χ2v) is 7.69. The van der Waals surface area contributed by atoms with Gasteiger partial charge in [-0.25, -0.2) is 0 Å². The summed E-state index contributed by atoms with van der Waals surface area (Å²) in [5, 5.41) is 2.37. The van der Waals surface area contributed by atoms with Crippen LogP contribution in [0, 0.1) is 11.3 Å². The number of hydrogen-bond donors (Lipinski definition) is 0. The molecule has 0 fully saturated rings. The number of aryl methyl sites for hydroxylation is 1. The van der Waals surface area contributed by atoms with Crippen molar-refractivity contribution in [2.75, 3.05) is 0 Å². The van der Waals surface area contributed by atoms with Gasteiger partial charge in [0.05, 0.1) is 0 Å². The van der Waals surface area contributed by atoms with Crippen LogP contribution in [0.5, 0.6) is 0 Å². The molecule has 1 aromatic carbocycles. The fraction of sp³-hybridized carbons (Fsp3) is 0.444. The fourth-order valence-electron chi connectivity index (χ4n) is 3.11. The molecule has 1 aliphatic carbocycles. The van der Waals surface area contributed by atoms with Crippen molar-refractivity contribution in [3.05, 3.63) is 46.2 Å². The molecule has 1 heterocycles. The van der Waals surface area contributed by atoms with Gasteiger partial charge in [-0.3, -0.25) is 0 Å². The van der Waals surface area contributed by atoms with Crippen LogP contribution in [0.15, 0.2) is 35.7 Å². The van der Waals surface area contributed by atoms with Crippen LogP contribution in [0.25, 0.3) is 11.1 Å². The second-order valence-electron chi connectivity index (χ2n) is 6.72. The van der Waals surface area contributed by atoms with E-state index in [1.54, 1.807) is 10.4 Å². The molecule has 2 aromatic rings. The van der Waals surface area contributed by atoms with E-state index in [0.29, 0.717) is 5.41 Å². The molecule has 0 amide bonds. The highest BCUT2D eigenvalue weighted by molar-refractivity contribution is 7.10. The summed E-state index contributed by atoms with van der Waals surface area (Å²) in [6.45, 7) is 7.16. The van der Waals surface area contributed by atoms with Crippen molar-refractivity contribution >= 4 is 11.3 Å². The van der Waals surface area contributed by atoms with E-state index in [-0.39, 0.29) is 0 Å². The Morgan fingerprint density at radius 2 is 1.84 bits per heavy atom. The summed E-state index contributed by atoms with van der Waals surface area (Å²) >= 11 is 1.96. The number of benzene rings is 1. The van der Waals surface area contributed by atoms with Crippen LogP contribution in [-0.4, -0.2) is 0 Å². The summed E-state index contributed by atoms with van der Waals surface area (Å²) < 4.78 is 0. The Morgan fingerprint density at radius 3 is 2.53 bits per heavy atom. The summed E-state index contributed by atoms with van der Waals surface area (Å²) in [6, 6.07) is 10.9. The summed E-state index contributed by atoms with van der Waals surface area (Å²) in [6.07, 6.45) is 3.88. The SMILES string of the molecule is CC(C)(C)C1CCc2scc(-c3ccccc3)c2C1. The first-order valence-corrected chi connectivity index (χ1v) is 8.08. The zero-order chi connectivity index (χ0) is 13.5. The van der Waals surface area contributed by atoms with Crippen LogP contribution in [0.1, 0.15) is 37.6 Å². The number of fused-ring (bicyclic) bond motifs is 1. The normalized spacial score (nSPS) is 19.2. The van der Waals surface area contributed by atoms with Crippen LogP contribution in [0.2, 0.25) is 0 Å². The quantitative estimate of drug-likeness (QED) is 0.636. The molecule has 1 aromatic heterocycles. The molecular weight excluding hydrogens is 248 g/mol. The summed E-state index contributed by atoms with van der Waals surface area (Å²) in [4.78, 5) is 1.62. The molecule has 0 saturated carbocycles. The largest absolute Gasteiger partial charge is 0.148 e. The Kier molecular flexibility index (Phi) is 3.26. The Bertz CT molecular complexity index is 557. The van der Waals surface area contributed by atoms with Crippen LogP contribution in [0.3, 0.4) is 0 Å². The third-order valence-corrected chi connectivity index (χ3v) is 5.55. The van der Waals surface area contributed by atoms with Crippen LogP contribution >= 0.6 is 11.3 Å². The smallest absolute Gasteiger partial charge is 0.00838 e. The zero-order valence-electron chi connectivity index (χ0n) is 12.1. The molecule has 0 spiro atoms. The molecule has 0 radical (unpaired) electrons. The number of thiophene rings is 1. The van der Waals surface area contributed by atoms with E-state index in [1.165, 1.54) is 30.4 Å². The maximum Gasteiger partial charge on any atom is 0.00838 e. The third kappa shape index (κ3) is 2.49.